The summed E-state index contributed by atoms with van der Waals surface area (Å²) in [4.78, 5) is 86.6. The molecule has 6 nitrogen and oxygen atoms in total. The van der Waals surface area contributed by atoms with Crippen molar-refractivity contribution in [3.63, 3.8) is 0 Å². The van der Waals surface area contributed by atoms with Gasteiger partial charge in [-0.15, -0.1) is 6.58 Å². The topological polar surface area (TPSA) is 102 Å². The smallest absolute Gasteiger partial charge is 0.137 e. The van der Waals surface area contributed by atoms with Crippen LogP contribution in [0.3, 0.4) is 0 Å². The van der Waals surface area contributed by atoms with E-state index in [1.165, 1.54) is 298 Å². The van der Waals surface area contributed by atoms with Crippen molar-refractivity contribution in [2.45, 2.75) is 513 Å². The summed E-state index contributed by atoms with van der Waals surface area (Å²) in [5.41, 5.74) is 7.56. The first-order valence-corrected chi connectivity index (χ1v) is 58.0. The molecule has 0 radical (unpaired) electrons. The number of carbonyl (C=O) groups is 6. The Bertz CT molecular complexity index is 3510. The number of Topliss-reactive ketones (excluding diaryl/α,β-unsaturated/α-hetero) is 6. The van der Waals surface area contributed by atoms with E-state index in [0.717, 1.165) is 180 Å². The van der Waals surface area contributed by atoms with Gasteiger partial charge in [-0.3, -0.25) is 28.8 Å². The van der Waals surface area contributed by atoms with Crippen molar-refractivity contribution < 1.29 is 28.8 Å². The molecule has 11 saturated carbocycles. The number of rotatable bonds is 38. The maximum absolute atomic E-state index is 15.9. The zero-order valence-electron chi connectivity index (χ0n) is 87.9. The molecule has 0 spiro atoms. The summed E-state index contributed by atoms with van der Waals surface area (Å²) in [5.74, 6) is 14.5. The SMILES string of the molecule is C=C(C)CC1CCC(=O)CC(CC(=O)C(CCCCC(C)C(C)=O)CC(=C)C2(CC(=C)C(CC(=C)C3CC4CCC(CCCCC(=O)CC5CC(C(C)C3)C(CCC(C)C)CC[C@H](CCCCC(C)C(C)=O)CC[C@H](CC3CCC6C(C)CCCC36)CCCCCCCC5CC(=C)C(C)C)CC4)CC3CCC4CCCCC4C3)CCCCC2)C(=O)CC(CC2CCCCC2)C1=C. The standard InChI is InChI=1S/C125H208O6/c1-86(2)52-61-107-63-59-101(41-29-27-38-89(7)98(16)126)53-56-103(75-111-65-67-120-91(9)40-37-51-121(111)120)45-23-19-18-20-26-47-109(71-92(10)88(5)6)116-80-118(128)50-34-30-42-100-54-57-104(58-55-100)76-113(73-94(12)122(107)82-116)93(11)72-114(79-105-60-62-106-46-32-33-48-110(106)78-105)95(13)85-125(68-35-22-36-69-125)96(14)74-112(49-31-28-39-90(8)99(17)127)123(130)84-117-81-119(129)66-64-108(70-87(3)4)97(15)115(83-124(117)131)77-102-43-24-21-25-44-102/h86,88-91,94,100-117,120-122H,3,10-11,13-15,18-85H2,1-2,4-9,12,16-17H3/t89?,90?,91?,94?,100?,101-,103-,104?,105?,106?,107?,108?,109?,110?,111?,112?,113?,114?,115?,116?,117?,120?,121?,122?/m1/s1. The first kappa shape index (κ1) is 109. The molecule has 131 heavy (non-hydrogen) atoms. The zero-order chi connectivity index (χ0) is 94.1. The molecular weight excluding hydrogens is 1600 g/mol. The molecule has 0 saturated heterocycles. The Balaban J connectivity index is 0.992. The molecule has 11 aliphatic rings. The monoisotopic (exact) mass is 1810 g/mol. The van der Waals surface area contributed by atoms with Gasteiger partial charge in [0.2, 0.25) is 0 Å². The molecule has 11 rings (SSSR count). The van der Waals surface area contributed by atoms with E-state index in [2.05, 4.69) is 68.9 Å². The molecule has 6 heteroatoms. The van der Waals surface area contributed by atoms with Crippen molar-refractivity contribution >= 4 is 34.7 Å². The van der Waals surface area contributed by atoms with Gasteiger partial charge < -0.3 is 0 Å². The number of ketones is 6. The first-order valence-electron chi connectivity index (χ1n) is 58.0. The molecule has 20 unspecified atom stereocenters. The van der Waals surface area contributed by atoms with Crippen LogP contribution in [-0.2, 0) is 28.8 Å². The maximum atomic E-state index is 15.9. The van der Waals surface area contributed by atoms with Gasteiger partial charge in [-0.1, -0.05) is 353 Å². The molecule has 0 N–H and O–H groups in total. The van der Waals surface area contributed by atoms with Gasteiger partial charge in [0.1, 0.15) is 34.7 Å². The highest BCUT2D eigenvalue weighted by molar-refractivity contribution is 5.93. The second kappa shape index (κ2) is 56.6. The molecule has 0 aromatic carbocycles. The van der Waals surface area contributed by atoms with Crippen LogP contribution in [0.15, 0.2) is 72.9 Å². The molecule has 0 aliphatic heterocycles. The fourth-order valence-electron chi connectivity index (χ4n) is 30.4. The first-order chi connectivity index (χ1) is 62.9. The number of fused-ring (bicyclic) bond motifs is 12. The minimum absolute atomic E-state index is 0.0281. The molecule has 4 bridgehead atoms. The third-order valence-electron chi connectivity index (χ3n) is 39.7. The van der Waals surface area contributed by atoms with E-state index in [0.29, 0.717) is 114 Å². The van der Waals surface area contributed by atoms with E-state index in [4.69, 9.17) is 32.9 Å². The molecule has 11 fully saturated rings. The van der Waals surface area contributed by atoms with Crippen LogP contribution in [-0.4, -0.2) is 34.7 Å². The van der Waals surface area contributed by atoms with Crippen molar-refractivity contribution in [1.82, 2.24) is 0 Å². The molecule has 0 aromatic heterocycles. The molecule has 0 amide bonds. The third-order valence-corrected chi connectivity index (χ3v) is 39.7. The van der Waals surface area contributed by atoms with Crippen LogP contribution in [0.1, 0.15) is 513 Å². The van der Waals surface area contributed by atoms with Gasteiger partial charge in [-0.05, 0) is 329 Å². The van der Waals surface area contributed by atoms with Crippen LogP contribution < -0.4 is 0 Å². The summed E-state index contributed by atoms with van der Waals surface area (Å²) in [6.07, 6.45) is 77.3. The molecule has 744 valence electrons. The lowest BCUT2D eigenvalue weighted by Crippen LogP contribution is -2.33. The Hall–Kier alpha value is -3.54. The molecular formula is C125H208O6. The Kier molecular flexibility index (Phi) is 47.3. The van der Waals surface area contributed by atoms with Crippen molar-refractivity contribution in [3.05, 3.63) is 72.9 Å². The van der Waals surface area contributed by atoms with Gasteiger partial charge in [-0.25, -0.2) is 0 Å². The van der Waals surface area contributed by atoms with Crippen LogP contribution in [0, 0.1) is 165 Å². The highest BCUT2D eigenvalue weighted by Crippen LogP contribution is 2.56. The predicted octanol–water partition coefficient (Wildman–Crippen LogP) is 36.2. The predicted molar refractivity (Wildman–Crippen MR) is 558 cm³/mol. The van der Waals surface area contributed by atoms with Gasteiger partial charge in [0.05, 0.1) is 0 Å². The Morgan fingerprint density at radius 1 is 0.405 bits per heavy atom. The normalized spacial score (nSPS) is 33.0. The number of allylic oxidation sites excluding steroid dienone is 6. The maximum Gasteiger partial charge on any atom is 0.137 e. The third kappa shape index (κ3) is 35.9. The van der Waals surface area contributed by atoms with E-state index < -0.39 is 5.92 Å². The zero-order valence-corrected chi connectivity index (χ0v) is 87.9. The highest BCUT2D eigenvalue weighted by atomic mass is 16.1. The van der Waals surface area contributed by atoms with E-state index >= 15 is 14.4 Å². The fraction of sp³-hybridized carbons (Fsp3) is 0.856. The van der Waals surface area contributed by atoms with E-state index in [9.17, 15) is 14.4 Å². The lowest BCUT2D eigenvalue weighted by Gasteiger charge is -2.44. The van der Waals surface area contributed by atoms with E-state index in [-0.39, 0.29) is 71.0 Å². The highest BCUT2D eigenvalue weighted by Gasteiger charge is 2.46. The Labute approximate surface area is 809 Å². The average molecular weight is 1810 g/mol. The Morgan fingerprint density at radius 3 is 1.70 bits per heavy atom. The van der Waals surface area contributed by atoms with E-state index in [1.807, 2.05) is 6.92 Å². The lowest BCUT2D eigenvalue weighted by molar-refractivity contribution is -0.133. The van der Waals surface area contributed by atoms with Gasteiger partial charge in [0.25, 0.3) is 0 Å². The van der Waals surface area contributed by atoms with Crippen molar-refractivity contribution in [2.75, 3.05) is 0 Å². The fourth-order valence-corrected chi connectivity index (χ4v) is 30.4. The Morgan fingerprint density at radius 2 is 1.01 bits per heavy atom. The summed E-state index contributed by atoms with van der Waals surface area (Å²) in [6.45, 7) is 55.4. The van der Waals surface area contributed by atoms with Crippen molar-refractivity contribution in [2.24, 2.45) is 165 Å². The molecule has 11 aliphatic carbocycles. The second-order valence-electron chi connectivity index (χ2n) is 50.5. The summed E-state index contributed by atoms with van der Waals surface area (Å²) in [5, 5.41) is 0. The number of carbonyl (C=O) groups excluding carboxylic acids is 6. The minimum atomic E-state index is -0.633. The van der Waals surface area contributed by atoms with Crippen molar-refractivity contribution in [1.29, 1.82) is 0 Å². The van der Waals surface area contributed by atoms with Gasteiger partial charge >= 0.3 is 0 Å². The molecule has 0 aromatic rings. The van der Waals surface area contributed by atoms with Crippen LogP contribution in [0.4, 0.5) is 0 Å². The van der Waals surface area contributed by atoms with Crippen LogP contribution in [0.2, 0.25) is 0 Å². The summed E-state index contributed by atoms with van der Waals surface area (Å²) < 4.78 is 0. The van der Waals surface area contributed by atoms with Gasteiger partial charge in [0, 0.05) is 62.2 Å². The number of hydrogen-bond acceptors (Lipinski definition) is 6. The van der Waals surface area contributed by atoms with Crippen LogP contribution in [0.5, 0.6) is 0 Å². The number of unbranched alkanes of at least 4 members (excludes halogenated alkanes) is 2. The summed E-state index contributed by atoms with van der Waals surface area (Å²) >= 11 is 0. The lowest BCUT2D eigenvalue weighted by atomic mass is 9.61. The second-order valence-corrected chi connectivity index (χ2v) is 50.5. The molecule has 0 heterocycles. The average Bonchev–Trinajstić information content (AvgIpc) is 1.32. The van der Waals surface area contributed by atoms with E-state index in [1.54, 1.807) is 6.92 Å². The largest absolute Gasteiger partial charge is 0.300 e. The van der Waals surface area contributed by atoms with Gasteiger partial charge in [0.15, 0.2) is 0 Å². The van der Waals surface area contributed by atoms with Gasteiger partial charge in [-0.2, -0.15) is 0 Å². The minimum Gasteiger partial charge on any atom is -0.300 e. The number of hydrogen-bond donors (Lipinski definition) is 0. The summed E-state index contributed by atoms with van der Waals surface area (Å²) in [7, 11) is 0. The summed E-state index contributed by atoms with van der Waals surface area (Å²) in [6, 6.07) is 0. The van der Waals surface area contributed by atoms with Crippen molar-refractivity contribution in [3.8, 4) is 0 Å². The van der Waals surface area contributed by atoms with Crippen LogP contribution in [0.25, 0.3) is 0 Å². The quantitative estimate of drug-likeness (QED) is 0.0451. The molecule has 22 atom stereocenters. The van der Waals surface area contributed by atoms with Crippen LogP contribution >= 0.6 is 0 Å².